The monoisotopic (exact) mass is 448 g/mol. The lowest BCUT2D eigenvalue weighted by Gasteiger charge is -2.30. The van der Waals surface area contributed by atoms with Gasteiger partial charge in [-0.1, -0.05) is 41.6 Å². The molecule has 4 rings (SSSR count). The first kappa shape index (κ1) is 23.0. The van der Waals surface area contributed by atoms with E-state index >= 15 is 0 Å². The highest BCUT2D eigenvalue weighted by atomic mass is 16.5. The molecule has 7 heteroatoms. The van der Waals surface area contributed by atoms with Crippen LogP contribution in [0.1, 0.15) is 43.7 Å². The summed E-state index contributed by atoms with van der Waals surface area (Å²) in [4.78, 5) is 19.6. The summed E-state index contributed by atoms with van der Waals surface area (Å²) in [6.45, 7) is 8.72. The van der Waals surface area contributed by atoms with E-state index in [9.17, 15) is 4.79 Å². The third-order valence-electron chi connectivity index (χ3n) is 5.85. The normalized spacial score (nSPS) is 16.7. The number of carbonyl (C=O) groups is 1. The van der Waals surface area contributed by atoms with Crippen LogP contribution in [0.3, 0.4) is 0 Å². The largest absolute Gasteiger partial charge is 0.491 e. The number of ether oxygens (including phenoxy) is 1. The van der Waals surface area contributed by atoms with Gasteiger partial charge in [0.25, 0.3) is 0 Å². The zero-order chi connectivity index (χ0) is 23.2. The van der Waals surface area contributed by atoms with Gasteiger partial charge in [0.15, 0.2) is 0 Å². The zero-order valence-electron chi connectivity index (χ0n) is 19.6. The second kappa shape index (κ2) is 10.6. The molecule has 33 heavy (non-hydrogen) atoms. The van der Waals surface area contributed by atoms with Gasteiger partial charge in [-0.05, 0) is 63.4 Å². The van der Waals surface area contributed by atoms with Crippen LogP contribution in [0.15, 0.2) is 53.1 Å². The van der Waals surface area contributed by atoms with E-state index < -0.39 is 0 Å². The standard InChI is InChI=1S/C26H32N4O3/c1-18(2)32-22-12-10-20(11-13-22)15-27-26(31)21-8-6-14-30(16-21)17-24-28-25(29-33-24)23-9-5-4-7-19(23)3/h4-5,7,9-13,18,21H,6,8,14-17H2,1-3H3,(H,27,31). The summed E-state index contributed by atoms with van der Waals surface area (Å²) in [6.07, 6.45) is 2.01. The van der Waals surface area contributed by atoms with Crippen LogP contribution in [0.4, 0.5) is 0 Å². The van der Waals surface area contributed by atoms with E-state index in [0.29, 0.717) is 31.3 Å². The van der Waals surface area contributed by atoms with Crippen molar-refractivity contribution in [2.45, 2.75) is 52.8 Å². The summed E-state index contributed by atoms with van der Waals surface area (Å²) < 4.78 is 11.2. The molecule has 174 valence electrons. The molecule has 1 aliphatic heterocycles. The van der Waals surface area contributed by atoms with Crippen LogP contribution in [0, 0.1) is 12.8 Å². The smallest absolute Gasteiger partial charge is 0.241 e. The van der Waals surface area contributed by atoms with Crippen molar-refractivity contribution in [2.24, 2.45) is 5.92 Å². The molecule has 0 spiro atoms. The van der Waals surface area contributed by atoms with E-state index in [1.807, 2.05) is 69.3 Å². The molecule has 0 saturated carbocycles. The minimum atomic E-state index is -0.0407. The Hall–Kier alpha value is -3.19. The van der Waals surface area contributed by atoms with Gasteiger partial charge < -0.3 is 14.6 Å². The van der Waals surface area contributed by atoms with Crippen molar-refractivity contribution >= 4 is 5.91 Å². The van der Waals surface area contributed by atoms with E-state index in [4.69, 9.17) is 9.26 Å². The molecule has 7 nitrogen and oxygen atoms in total. The number of hydrogen-bond acceptors (Lipinski definition) is 6. The highest BCUT2D eigenvalue weighted by molar-refractivity contribution is 5.79. The number of benzene rings is 2. The Bertz CT molecular complexity index is 1060. The molecule has 3 aromatic rings. The van der Waals surface area contributed by atoms with Crippen molar-refractivity contribution in [3.8, 4) is 17.1 Å². The van der Waals surface area contributed by atoms with Crippen molar-refractivity contribution < 1.29 is 14.1 Å². The number of rotatable bonds is 8. The van der Waals surface area contributed by atoms with E-state index in [0.717, 1.165) is 41.8 Å². The molecule has 0 radical (unpaired) electrons. The van der Waals surface area contributed by atoms with Crippen molar-refractivity contribution in [3.63, 3.8) is 0 Å². The molecule has 1 aliphatic rings. The van der Waals surface area contributed by atoms with E-state index in [1.54, 1.807) is 0 Å². The van der Waals surface area contributed by atoms with Gasteiger partial charge in [0.1, 0.15) is 5.75 Å². The average Bonchev–Trinajstić information content (AvgIpc) is 3.26. The lowest BCUT2D eigenvalue weighted by atomic mass is 9.97. The Labute approximate surface area is 195 Å². The number of amides is 1. The Morgan fingerprint density at radius 3 is 2.76 bits per heavy atom. The molecular weight excluding hydrogens is 416 g/mol. The lowest BCUT2D eigenvalue weighted by Crippen LogP contribution is -2.42. The second-order valence-electron chi connectivity index (χ2n) is 8.93. The molecule has 1 aromatic heterocycles. The SMILES string of the molecule is Cc1ccccc1-c1noc(CN2CCCC(C(=O)NCc3ccc(OC(C)C)cc3)C2)n1. The number of nitrogens with zero attached hydrogens (tertiary/aromatic N) is 3. The third kappa shape index (κ3) is 6.20. The van der Waals surface area contributed by atoms with Gasteiger partial charge in [-0.3, -0.25) is 9.69 Å². The number of aromatic nitrogens is 2. The van der Waals surface area contributed by atoms with Crippen molar-refractivity contribution in [1.82, 2.24) is 20.4 Å². The topological polar surface area (TPSA) is 80.5 Å². The molecular formula is C26H32N4O3. The maximum Gasteiger partial charge on any atom is 0.241 e. The maximum absolute atomic E-state index is 12.8. The number of likely N-dealkylation sites (tertiary alicyclic amines) is 1. The van der Waals surface area contributed by atoms with Crippen LogP contribution in [-0.2, 0) is 17.9 Å². The quantitative estimate of drug-likeness (QED) is 0.552. The van der Waals surface area contributed by atoms with Crippen LogP contribution in [0.2, 0.25) is 0 Å². The van der Waals surface area contributed by atoms with Crippen molar-refractivity contribution in [1.29, 1.82) is 0 Å². The molecule has 2 heterocycles. The van der Waals surface area contributed by atoms with Crippen LogP contribution >= 0.6 is 0 Å². The molecule has 1 N–H and O–H groups in total. The van der Waals surface area contributed by atoms with Crippen LogP contribution in [0.5, 0.6) is 5.75 Å². The summed E-state index contributed by atoms with van der Waals surface area (Å²) >= 11 is 0. The molecule has 1 saturated heterocycles. The Morgan fingerprint density at radius 2 is 2.00 bits per heavy atom. The van der Waals surface area contributed by atoms with Crippen molar-refractivity contribution in [2.75, 3.05) is 13.1 Å². The van der Waals surface area contributed by atoms with Gasteiger partial charge in [0.2, 0.25) is 17.6 Å². The van der Waals surface area contributed by atoms with Crippen molar-refractivity contribution in [3.05, 3.63) is 65.5 Å². The molecule has 1 unspecified atom stereocenters. The summed E-state index contributed by atoms with van der Waals surface area (Å²) in [7, 11) is 0. The van der Waals surface area contributed by atoms with Crippen LogP contribution in [0.25, 0.3) is 11.4 Å². The molecule has 0 bridgehead atoms. The third-order valence-corrected chi connectivity index (χ3v) is 5.85. The number of carbonyl (C=O) groups excluding carboxylic acids is 1. The Kier molecular flexibility index (Phi) is 7.40. The number of hydrogen-bond donors (Lipinski definition) is 1. The summed E-state index contributed by atoms with van der Waals surface area (Å²) in [5, 5.41) is 7.24. The minimum Gasteiger partial charge on any atom is -0.491 e. The van der Waals surface area contributed by atoms with E-state index in [-0.39, 0.29) is 17.9 Å². The predicted octanol–water partition coefficient (Wildman–Crippen LogP) is 4.36. The Morgan fingerprint density at radius 1 is 1.21 bits per heavy atom. The molecule has 0 aliphatic carbocycles. The molecule has 2 aromatic carbocycles. The fourth-order valence-corrected chi connectivity index (χ4v) is 4.15. The summed E-state index contributed by atoms with van der Waals surface area (Å²) in [6, 6.07) is 15.9. The first-order valence-corrected chi connectivity index (χ1v) is 11.6. The number of nitrogens with one attached hydrogen (secondary N) is 1. The maximum atomic E-state index is 12.8. The van der Waals surface area contributed by atoms with Crippen LogP contribution < -0.4 is 10.1 Å². The average molecular weight is 449 g/mol. The van der Waals surface area contributed by atoms with Gasteiger partial charge >= 0.3 is 0 Å². The summed E-state index contributed by atoms with van der Waals surface area (Å²) in [5.74, 6) is 2.08. The number of aryl methyl sites for hydroxylation is 1. The van der Waals surface area contributed by atoms with E-state index in [1.165, 1.54) is 0 Å². The first-order valence-electron chi connectivity index (χ1n) is 11.6. The highest BCUT2D eigenvalue weighted by Gasteiger charge is 2.27. The van der Waals surface area contributed by atoms with Gasteiger partial charge in [-0.2, -0.15) is 4.98 Å². The minimum absolute atomic E-state index is 0.0407. The fourth-order valence-electron chi connectivity index (χ4n) is 4.15. The zero-order valence-corrected chi connectivity index (χ0v) is 19.6. The number of piperidine rings is 1. The second-order valence-corrected chi connectivity index (χ2v) is 8.93. The summed E-state index contributed by atoms with van der Waals surface area (Å²) in [5.41, 5.74) is 3.15. The molecule has 1 fully saturated rings. The van der Waals surface area contributed by atoms with Crippen LogP contribution in [-0.4, -0.2) is 40.1 Å². The molecule has 1 amide bonds. The van der Waals surface area contributed by atoms with Gasteiger partial charge in [0, 0.05) is 18.7 Å². The first-order chi connectivity index (χ1) is 16.0. The highest BCUT2D eigenvalue weighted by Crippen LogP contribution is 2.22. The van der Waals surface area contributed by atoms with Gasteiger partial charge in [0.05, 0.1) is 18.6 Å². The lowest BCUT2D eigenvalue weighted by molar-refractivity contribution is -0.127. The van der Waals surface area contributed by atoms with E-state index in [2.05, 4.69) is 20.4 Å². The predicted molar refractivity (Wildman–Crippen MR) is 127 cm³/mol. The van der Waals surface area contributed by atoms with Gasteiger partial charge in [-0.15, -0.1) is 0 Å². The molecule has 1 atom stereocenters. The van der Waals surface area contributed by atoms with Gasteiger partial charge in [-0.25, -0.2) is 0 Å². The fraction of sp³-hybridized carbons (Fsp3) is 0.423. The Balaban J connectivity index is 1.28.